The summed E-state index contributed by atoms with van der Waals surface area (Å²) in [6.07, 6.45) is 3.33. The SMILES string of the molecule is COc1ccc2cc1CCc1cc(ccc1OC)/C(C)=C(/C)c1ccc(OC)c(c1)CCc1cc(ccc1OC)/C(C)=C\2C. The summed E-state index contributed by atoms with van der Waals surface area (Å²) in [5, 5.41) is 0. The predicted molar refractivity (Wildman–Crippen MR) is 183 cm³/mol. The van der Waals surface area contributed by atoms with Crippen LogP contribution in [0.25, 0.3) is 22.3 Å². The minimum absolute atomic E-state index is 0.833. The Morgan fingerprint density at radius 3 is 0.727 bits per heavy atom. The van der Waals surface area contributed by atoms with E-state index in [1.165, 1.54) is 66.8 Å². The zero-order valence-electron chi connectivity index (χ0n) is 27.4. The van der Waals surface area contributed by atoms with Crippen molar-refractivity contribution in [2.24, 2.45) is 0 Å². The molecule has 0 amide bonds. The van der Waals surface area contributed by atoms with Gasteiger partial charge in [-0.25, -0.2) is 0 Å². The maximum Gasteiger partial charge on any atom is 0.122 e. The Labute approximate surface area is 263 Å². The number of ether oxygens (including phenoxy) is 4. The van der Waals surface area contributed by atoms with Gasteiger partial charge in [0.25, 0.3) is 0 Å². The number of fused-ring (bicyclic) bond motifs is 8. The number of allylic oxidation sites excluding steroid dienone is 4. The first-order valence-electron chi connectivity index (χ1n) is 15.3. The molecule has 4 aromatic rings. The molecule has 0 saturated carbocycles. The van der Waals surface area contributed by atoms with E-state index in [1.807, 2.05) is 0 Å². The summed E-state index contributed by atoms with van der Waals surface area (Å²) in [5.74, 6) is 3.63. The highest BCUT2D eigenvalue weighted by Crippen LogP contribution is 2.35. The van der Waals surface area contributed by atoms with Crippen molar-refractivity contribution in [3.8, 4) is 23.0 Å². The largest absolute Gasteiger partial charge is 0.496 e. The summed E-state index contributed by atoms with van der Waals surface area (Å²) in [4.78, 5) is 0. The Kier molecular flexibility index (Phi) is 9.49. The summed E-state index contributed by atoms with van der Waals surface area (Å²) < 4.78 is 23.3. The molecule has 0 unspecified atom stereocenters. The minimum atomic E-state index is 0.833. The summed E-state index contributed by atoms with van der Waals surface area (Å²) in [5.41, 5.74) is 14.5. The van der Waals surface area contributed by atoms with E-state index in [0.29, 0.717) is 0 Å². The van der Waals surface area contributed by atoms with Gasteiger partial charge in [-0.15, -0.1) is 0 Å². The summed E-state index contributed by atoms with van der Waals surface area (Å²) in [6.45, 7) is 8.82. The molecule has 0 saturated heterocycles. The van der Waals surface area contributed by atoms with Gasteiger partial charge in [-0.2, -0.15) is 0 Å². The number of hydrogen-bond donors (Lipinski definition) is 0. The minimum Gasteiger partial charge on any atom is -0.496 e. The number of hydrogen-bond acceptors (Lipinski definition) is 4. The van der Waals surface area contributed by atoms with Gasteiger partial charge in [0.05, 0.1) is 28.4 Å². The molecular formula is C40H44O4. The van der Waals surface area contributed by atoms with Crippen LogP contribution in [0.4, 0.5) is 0 Å². The first-order valence-corrected chi connectivity index (χ1v) is 15.3. The van der Waals surface area contributed by atoms with Crippen LogP contribution < -0.4 is 18.9 Å². The lowest BCUT2D eigenvalue weighted by Crippen LogP contribution is -2.01. The molecule has 1 aliphatic carbocycles. The fourth-order valence-corrected chi connectivity index (χ4v) is 6.23. The average molecular weight is 589 g/mol. The van der Waals surface area contributed by atoms with Gasteiger partial charge >= 0.3 is 0 Å². The third-order valence-electron chi connectivity index (χ3n) is 9.31. The molecular weight excluding hydrogens is 544 g/mol. The highest BCUT2D eigenvalue weighted by Gasteiger charge is 2.15. The molecule has 4 aromatic carbocycles. The molecule has 0 aromatic heterocycles. The van der Waals surface area contributed by atoms with Crippen molar-refractivity contribution in [3.63, 3.8) is 0 Å². The Morgan fingerprint density at radius 1 is 0.341 bits per heavy atom. The van der Waals surface area contributed by atoms with Gasteiger partial charge < -0.3 is 18.9 Å². The second-order valence-electron chi connectivity index (χ2n) is 11.6. The van der Waals surface area contributed by atoms with Crippen LogP contribution >= 0.6 is 0 Å². The van der Waals surface area contributed by atoms with Gasteiger partial charge in [0.2, 0.25) is 0 Å². The maximum atomic E-state index is 5.81. The quantitative estimate of drug-likeness (QED) is 0.238. The lowest BCUT2D eigenvalue weighted by molar-refractivity contribution is 0.405. The molecule has 0 heterocycles. The number of aryl methyl sites for hydroxylation is 4. The predicted octanol–water partition coefficient (Wildman–Crippen LogP) is 9.51. The zero-order chi connectivity index (χ0) is 31.4. The number of benzene rings is 4. The molecule has 0 atom stereocenters. The third kappa shape index (κ3) is 6.26. The van der Waals surface area contributed by atoms with Crippen LogP contribution in [0.1, 0.15) is 72.2 Å². The Morgan fingerprint density at radius 2 is 0.545 bits per heavy atom. The standard InChI is InChI=1S/C40H44O4/c1-25-26(2)30-14-18-38(42-6)34(22-30)11-12-36-24-32(16-20-40(36)44-8)28(4)27(3)31-15-19-39(43-7)35(23-31)10-9-33-21-29(25)13-17-37(33)41-5/h13-24H,9-12H2,1-8H3/b26-25-,28-27-. The van der Waals surface area contributed by atoms with Crippen molar-refractivity contribution >= 4 is 22.3 Å². The molecule has 8 bridgehead atoms. The molecule has 0 N–H and O–H groups in total. The molecule has 0 fully saturated rings. The highest BCUT2D eigenvalue weighted by atomic mass is 16.5. The molecule has 1 aliphatic rings. The number of rotatable bonds is 4. The van der Waals surface area contributed by atoms with E-state index in [1.54, 1.807) is 28.4 Å². The smallest absolute Gasteiger partial charge is 0.122 e. The van der Waals surface area contributed by atoms with Crippen molar-refractivity contribution in [2.75, 3.05) is 28.4 Å². The average Bonchev–Trinajstić information content (AvgIpc) is 3.07. The van der Waals surface area contributed by atoms with Crippen LogP contribution in [0.5, 0.6) is 23.0 Å². The van der Waals surface area contributed by atoms with E-state index < -0.39 is 0 Å². The number of methoxy groups -OCH3 is 4. The van der Waals surface area contributed by atoms with Crippen molar-refractivity contribution in [1.82, 2.24) is 0 Å². The van der Waals surface area contributed by atoms with Gasteiger partial charge in [0.1, 0.15) is 23.0 Å². The Balaban J connectivity index is 1.71. The van der Waals surface area contributed by atoms with Gasteiger partial charge in [-0.3, -0.25) is 0 Å². The van der Waals surface area contributed by atoms with Gasteiger partial charge in [-0.1, -0.05) is 24.3 Å². The van der Waals surface area contributed by atoms with Crippen LogP contribution in [0, 0.1) is 0 Å². The molecule has 0 spiro atoms. The molecule has 228 valence electrons. The first kappa shape index (κ1) is 31.0. The summed E-state index contributed by atoms with van der Waals surface area (Å²) in [7, 11) is 6.99. The molecule has 0 aliphatic heterocycles. The third-order valence-corrected chi connectivity index (χ3v) is 9.31. The molecule has 4 heteroatoms. The van der Waals surface area contributed by atoms with Gasteiger partial charge in [0, 0.05) is 0 Å². The van der Waals surface area contributed by atoms with Crippen LogP contribution in [0.15, 0.2) is 72.8 Å². The van der Waals surface area contributed by atoms with Crippen molar-refractivity contribution in [3.05, 3.63) is 117 Å². The second-order valence-corrected chi connectivity index (χ2v) is 11.6. The van der Waals surface area contributed by atoms with E-state index >= 15 is 0 Å². The Hall–Kier alpha value is -4.44. The molecule has 0 radical (unpaired) electrons. The molecule has 5 rings (SSSR count). The van der Waals surface area contributed by atoms with Crippen molar-refractivity contribution in [2.45, 2.75) is 53.4 Å². The molecule has 44 heavy (non-hydrogen) atoms. The Bertz CT molecular complexity index is 1480. The van der Waals surface area contributed by atoms with Crippen LogP contribution in [-0.2, 0) is 25.7 Å². The summed E-state index contributed by atoms with van der Waals surface area (Å²) in [6, 6.07) is 26.2. The fourth-order valence-electron chi connectivity index (χ4n) is 6.23. The van der Waals surface area contributed by atoms with E-state index in [-0.39, 0.29) is 0 Å². The molecule has 4 nitrogen and oxygen atoms in total. The van der Waals surface area contributed by atoms with E-state index in [0.717, 1.165) is 48.7 Å². The van der Waals surface area contributed by atoms with Gasteiger partial charge in [-0.05, 0) is 169 Å². The van der Waals surface area contributed by atoms with Crippen LogP contribution in [0.2, 0.25) is 0 Å². The zero-order valence-corrected chi connectivity index (χ0v) is 27.4. The maximum absolute atomic E-state index is 5.81. The topological polar surface area (TPSA) is 36.9 Å². The lowest BCUT2D eigenvalue weighted by Gasteiger charge is -2.18. The first-order chi connectivity index (χ1) is 21.3. The van der Waals surface area contributed by atoms with E-state index in [4.69, 9.17) is 18.9 Å². The van der Waals surface area contributed by atoms with E-state index in [9.17, 15) is 0 Å². The van der Waals surface area contributed by atoms with Crippen LogP contribution in [-0.4, -0.2) is 28.4 Å². The van der Waals surface area contributed by atoms with Crippen molar-refractivity contribution in [1.29, 1.82) is 0 Å². The van der Waals surface area contributed by atoms with Gasteiger partial charge in [0.15, 0.2) is 0 Å². The lowest BCUT2D eigenvalue weighted by atomic mass is 9.90. The van der Waals surface area contributed by atoms with E-state index in [2.05, 4.69) is 100 Å². The normalized spacial score (nSPS) is 17.1. The monoisotopic (exact) mass is 588 g/mol. The fraction of sp³-hybridized carbons (Fsp3) is 0.300. The van der Waals surface area contributed by atoms with Crippen molar-refractivity contribution < 1.29 is 18.9 Å². The van der Waals surface area contributed by atoms with Crippen LogP contribution in [0.3, 0.4) is 0 Å². The second kappa shape index (κ2) is 13.5. The summed E-state index contributed by atoms with van der Waals surface area (Å²) >= 11 is 0. The highest BCUT2D eigenvalue weighted by molar-refractivity contribution is 5.90.